The van der Waals surface area contributed by atoms with Gasteiger partial charge >= 0.3 is 0 Å². The van der Waals surface area contributed by atoms with Crippen molar-refractivity contribution in [2.45, 2.75) is 25.3 Å². The number of ether oxygens (including phenoxy) is 2. The average Bonchev–Trinajstić information content (AvgIpc) is 3.16. The van der Waals surface area contributed by atoms with Crippen molar-refractivity contribution in [3.8, 4) is 0 Å². The lowest BCUT2D eigenvalue weighted by Gasteiger charge is -2.33. The van der Waals surface area contributed by atoms with E-state index in [0.29, 0.717) is 12.0 Å². The van der Waals surface area contributed by atoms with Crippen LogP contribution in [0.3, 0.4) is 0 Å². The first-order chi connectivity index (χ1) is 12.6. The van der Waals surface area contributed by atoms with Crippen LogP contribution in [0.5, 0.6) is 0 Å². The molecule has 9 heteroatoms. The number of carbonyl (C=O) groups excluding carboxylic acids is 1. The van der Waals surface area contributed by atoms with E-state index in [1.54, 1.807) is 26.1 Å². The maximum absolute atomic E-state index is 11.9. The lowest BCUT2D eigenvalue weighted by Crippen LogP contribution is -2.50. The highest BCUT2D eigenvalue weighted by Gasteiger charge is 2.21. The number of halogens is 1. The fraction of sp³-hybridized carbons (Fsp3) is 0.889. The first-order valence-electron chi connectivity index (χ1n) is 9.62. The van der Waals surface area contributed by atoms with Gasteiger partial charge in [0, 0.05) is 66.0 Å². The smallest absolute Gasteiger partial charge is 0.243 e. The Balaban J connectivity index is 0.00000364. The molecule has 0 spiro atoms. The maximum Gasteiger partial charge on any atom is 0.243 e. The number of hydrogen-bond acceptors (Lipinski definition) is 5. The summed E-state index contributed by atoms with van der Waals surface area (Å²) in [5.74, 6) is 1.26. The average molecular weight is 497 g/mol. The second-order valence-corrected chi connectivity index (χ2v) is 7.32. The zero-order valence-corrected chi connectivity index (χ0v) is 19.2. The van der Waals surface area contributed by atoms with Crippen molar-refractivity contribution in [1.82, 2.24) is 20.4 Å². The summed E-state index contributed by atoms with van der Waals surface area (Å²) in [4.78, 5) is 20.4. The van der Waals surface area contributed by atoms with Crippen LogP contribution in [0.1, 0.15) is 19.3 Å². The molecule has 1 amide bonds. The minimum absolute atomic E-state index is 0. The van der Waals surface area contributed by atoms with Crippen LogP contribution < -0.4 is 10.6 Å². The number of likely N-dealkylation sites (N-methyl/N-ethyl adjacent to an activating group) is 1. The second kappa shape index (κ2) is 13.5. The number of nitrogens with one attached hydrogen (secondary N) is 2. The zero-order chi connectivity index (χ0) is 18.8. The third-order valence-electron chi connectivity index (χ3n) is 4.99. The molecule has 1 unspecified atom stereocenters. The predicted molar refractivity (Wildman–Crippen MR) is 118 cm³/mol. The first kappa shape index (κ1) is 24.4. The molecular formula is C18H36IN5O3. The third-order valence-corrected chi connectivity index (χ3v) is 4.99. The minimum Gasteiger partial charge on any atom is -0.383 e. The Hall–Kier alpha value is -0.650. The van der Waals surface area contributed by atoms with Crippen molar-refractivity contribution in [3.63, 3.8) is 0 Å². The van der Waals surface area contributed by atoms with Gasteiger partial charge in [-0.1, -0.05) is 0 Å². The highest BCUT2D eigenvalue weighted by atomic mass is 127. The number of nitrogens with zero attached hydrogens (tertiary/aromatic N) is 3. The molecule has 158 valence electrons. The number of guanidine groups is 1. The standard InChI is InChI=1S/C18H35N5O3.HI/c1-22(2)17(24)13-20-18(19-12-15-6-10-26-14-15)21-16-4-7-23(8-5-16)9-11-25-3;/h15-16H,4-14H2,1-3H3,(H2,19,20,21);1H. The molecule has 2 fully saturated rings. The number of piperidine rings is 1. The Morgan fingerprint density at radius 3 is 2.63 bits per heavy atom. The van der Waals surface area contributed by atoms with Crippen LogP contribution in [0, 0.1) is 5.92 Å². The summed E-state index contributed by atoms with van der Waals surface area (Å²) >= 11 is 0. The van der Waals surface area contributed by atoms with Gasteiger partial charge in [0.05, 0.1) is 13.2 Å². The summed E-state index contributed by atoms with van der Waals surface area (Å²) in [6, 6.07) is 0.384. The quantitative estimate of drug-likeness (QED) is 0.287. The molecule has 0 bridgehead atoms. The van der Waals surface area contributed by atoms with E-state index in [9.17, 15) is 4.79 Å². The van der Waals surface area contributed by atoms with E-state index in [4.69, 9.17) is 9.47 Å². The molecule has 2 rings (SSSR count). The molecule has 0 aliphatic carbocycles. The van der Waals surface area contributed by atoms with E-state index < -0.39 is 0 Å². The summed E-state index contributed by atoms with van der Waals surface area (Å²) in [6.45, 7) is 6.51. The fourth-order valence-electron chi connectivity index (χ4n) is 3.14. The number of aliphatic imine (C=N–C) groups is 1. The van der Waals surface area contributed by atoms with E-state index >= 15 is 0 Å². The third kappa shape index (κ3) is 9.40. The van der Waals surface area contributed by atoms with Crippen molar-refractivity contribution in [2.24, 2.45) is 10.9 Å². The molecule has 2 aliphatic heterocycles. The van der Waals surface area contributed by atoms with Crippen molar-refractivity contribution in [2.75, 3.05) is 73.7 Å². The van der Waals surface area contributed by atoms with Gasteiger partial charge in [-0.2, -0.15) is 0 Å². The van der Waals surface area contributed by atoms with Gasteiger partial charge in [0.2, 0.25) is 5.91 Å². The molecule has 27 heavy (non-hydrogen) atoms. The van der Waals surface area contributed by atoms with Crippen molar-refractivity contribution >= 4 is 35.8 Å². The number of carbonyl (C=O) groups is 1. The number of rotatable bonds is 8. The molecule has 0 aromatic carbocycles. The van der Waals surface area contributed by atoms with Gasteiger partial charge < -0.3 is 29.9 Å². The van der Waals surface area contributed by atoms with Crippen LogP contribution in [-0.2, 0) is 14.3 Å². The normalized spacial score (nSPS) is 21.6. The van der Waals surface area contributed by atoms with Crippen LogP contribution in [0.15, 0.2) is 4.99 Å². The van der Waals surface area contributed by atoms with Gasteiger partial charge in [0.15, 0.2) is 5.96 Å². The molecule has 0 aromatic rings. The number of methoxy groups -OCH3 is 1. The predicted octanol–water partition coefficient (Wildman–Crippen LogP) is 0.375. The Labute approximate surface area is 180 Å². The molecule has 2 heterocycles. The fourth-order valence-corrected chi connectivity index (χ4v) is 3.14. The summed E-state index contributed by atoms with van der Waals surface area (Å²) in [5.41, 5.74) is 0. The number of amides is 1. The van der Waals surface area contributed by atoms with Gasteiger partial charge in [-0.3, -0.25) is 4.79 Å². The summed E-state index contributed by atoms with van der Waals surface area (Å²) in [5, 5.41) is 6.92. The van der Waals surface area contributed by atoms with Gasteiger partial charge in [-0.05, 0) is 19.3 Å². The van der Waals surface area contributed by atoms with Crippen LogP contribution in [-0.4, -0.2) is 101 Å². The van der Waals surface area contributed by atoms with Gasteiger partial charge in [-0.15, -0.1) is 24.0 Å². The van der Waals surface area contributed by atoms with Crippen molar-refractivity contribution in [1.29, 1.82) is 0 Å². The molecule has 0 saturated carbocycles. The monoisotopic (exact) mass is 497 g/mol. The Kier molecular flexibility index (Phi) is 12.2. The SMILES string of the molecule is COCCN1CCC(NC(=NCC(=O)N(C)C)NCC2CCOC2)CC1.I. The number of likely N-dealkylation sites (tertiary alicyclic amines) is 1. The second-order valence-electron chi connectivity index (χ2n) is 7.32. The van der Waals surface area contributed by atoms with Crippen LogP contribution in [0.2, 0.25) is 0 Å². The van der Waals surface area contributed by atoms with Crippen LogP contribution >= 0.6 is 24.0 Å². The topological polar surface area (TPSA) is 78.4 Å². The van der Waals surface area contributed by atoms with E-state index in [0.717, 1.165) is 71.2 Å². The lowest BCUT2D eigenvalue weighted by atomic mass is 10.1. The summed E-state index contributed by atoms with van der Waals surface area (Å²) in [6.07, 6.45) is 3.21. The molecule has 0 aromatic heterocycles. The van der Waals surface area contributed by atoms with Gasteiger partial charge in [0.25, 0.3) is 0 Å². The van der Waals surface area contributed by atoms with E-state index in [1.165, 1.54) is 0 Å². The molecule has 2 saturated heterocycles. The van der Waals surface area contributed by atoms with Gasteiger partial charge in [0.1, 0.15) is 6.54 Å². The Morgan fingerprint density at radius 1 is 1.30 bits per heavy atom. The summed E-state index contributed by atoms with van der Waals surface area (Å²) in [7, 11) is 5.25. The number of hydrogen-bond donors (Lipinski definition) is 2. The van der Waals surface area contributed by atoms with Crippen molar-refractivity contribution in [3.05, 3.63) is 0 Å². The molecule has 2 N–H and O–H groups in total. The first-order valence-corrected chi connectivity index (χ1v) is 9.62. The highest BCUT2D eigenvalue weighted by Crippen LogP contribution is 2.12. The van der Waals surface area contributed by atoms with Crippen LogP contribution in [0.4, 0.5) is 0 Å². The largest absolute Gasteiger partial charge is 0.383 e. The maximum atomic E-state index is 11.9. The Morgan fingerprint density at radius 2 is 2.04 bits per heavy atom. The van der Waals surface area contributed by atoms with E-state index in [1.807, 2.05) is 0 Å². The van der Waals surface area contributed by atoms with Gasteiger partial charge in [-0.25, -0.2) is 4.99 Å². The zero-order valence-electron chi connectivity index (χ0n) is 16.9. The molecule has 2 aliphatic rings. The summed E-state index contributed by atoms with van der Waals surface area (Å²) < 4.78 is 10.6. The molecule has 8 nitrogen and oxygen atoms in total. The van der Waals surface area contributed by atoms with E-state index in [2.05, 4.69) is 20.5 Å². The van der Waals surface area contributed by atoms with E-state index in [-0.39, 0.29) is 36.4 Å². The van der Waals surface area contributed by atoms with Crippen LogP contribution in [0.25, 0.3) is 0 Å². The molecule has 1 atom stereocenters. The molecular weight excluding hydrogens is 461 g/mol. The molecule has 0 radical (unpaired) electrons. The minimum atomic E-state index is 0. The lowest BCUT2D eigenvalue weighted by molar-refractivity contribution is -0.127. The Bertz CT molecular complexity index is 450. The highest BCUT2D eigenvalue weighted by molar-refractivity contribution is 14.0. The van der Waals surface area contributed by atoms with Crippen molar-refractivity contribution < 1.29 is 14.3 Å².